The van der Waals surface area contributed by atoms with E-state index in [1.165, 1.54) is 0 Å². The molecule has 2 rings (SSSR count). The van der Waals surface area contributed by atoms with Crippen LogP contribution in [0.3, 0.4) is 0 Å². The minimum atomic E-state index is -3.43. The van der Waals surface area contributed by atoms with Crippen molar-refractivity contribution < 1.29 is 17.9 Å². The molecule has 0 spiro atoms. The molecule has 0 N–H and O–H groups in total. The maximum absolute atomic E-state index is 11.3. The van der Waals surface area contributed by atoms with Crippen molar-refractivity contribution in [1.29, 1.82) is 0 Å². The molecule has 0 amide bonds. The van der Waals surface area contributed by atoms with E-state index in [-0.39, 0.29) is 6.10 Å². The summed E-state index contributed by atoms with van der Waals surface area (Å²) in [6.45, 7) is 1.96. The van der Waals surface area contributed by atoms with Crippen LogP contribution in [0.1, 0.15) is 32.1 Å². The third-order valence-electron chi connectivity index (χ3n) is 3.40. The van der Waals surface area contributed by atoms with Crippen LogP contribution in [-0.2, 0) is 18.5 Å². The molecule has 1 aliphatic heterocycles. The summed E-state index contributed by atoms with van der Waals surface area (Å²) >= 11 is 0. The van der Waals surface area contributed by atoms with E-state index in [0.29, 0.717) is 25.9 Å². The molecule has 0 bridgehead atoms. The quantitative estimate of drug-likeness (QED) is 0.712. The van der Waals surface area contributed by atoms with Gasteiger partial charge in [0.25, 0.3) is 0 Å². The number of hydrogen-bond donors (Lipinski definition) is 0. The molecule has 0 aromatic rings. The smallest absolute Gasteiger partial charge is 0.238 e. The number of halogens is 1. The molecule has 6 heteroatoms. The van der Waals surface area contributed by atoms with Crippen molar-refractivity contribution in [3.05, 3.63) is 0 Å². The van der Waals surface area contributed by atoms with Crippen LogP contribution < -0.4 is 0 Å². The first-order chi connectivity index (χ1) is 7.54. The van der Waals surface area contributed by atoms with Crippen molar-refractivity contribution >= 4 is 19.7 Å². The predicted octanol–water partition coefficient (Wildman–Crippen LogP) is 1.67. The van der Waals surface area contributed by atoms with Gasteiger partial charge in [-0.15, -0.1) is 0 Å². The van der Waals surface area contributed by atoms with Crippen LogP contribution in [0.5, 0.6) is 0 Å². The molecule has 16 heavy (non-hydrogen) atoms. The molecule has 0 unspecified atom stereocenters. The van der Waals surface area contributed by atoms with Gasteiger partial charge in [-0.2, -0.15) is 0 Å². The van der Waals surface area contributed by atoms with E-state index in [9.17, 15) is 8.42 Å². The van der Waals surface area contributed by atoms with E-state index in [4.69, 9.17) is 20.2 Å². The van der Waals surface area contributed by atoms with Crippen LogP contribution in [0.25, 0.3) is 0 Å². The Bertz CT molecular complexity index is 331. The van der Waals surface area contributed by atoms with Gasteiger partial charge in [-0.3, -0.25) is 0 Å². The molecule has 1 aliphatic carbocycles. The van der Waals surface area contributed by atoms with Crippen LogP contribution in [-0.4, -0.2) is 39.1 Å². The molecule has 0 radical (unpaired) electrons. The molecule has 2 aliphatic rings. The van der Waals surface area contributed by atoms with Crippen LogP contribution in [0, 0.1) is 0 Å². The van der Waals surface area contributed by atoms with Crippen molar-refractivity contribution in [1.82, 2.24) is 0 Å². The van der Waals surface area contributed by atoms with E-state index >= 15 is 0 Å². The van der Waals surface area contributed by atoms with Crippen molar-refractivity contribution in [2.24, 2.45) is 0 Å². The lowest BCUT2D eigenvalue weighted by molar-refractivity contribution is -0.0327. The molecule has 1 heterocycles. The van der Waals surface area contributed by atoms with E-state index in [2.05, 4.69) is 0 Å². The van der Waals surface area contributed by atoms with Gasteiger partial charge in [-0.1, -0.05) is 0 Å². The normalized spacial score (nSPS) is 25.6. The zero-order valence-corrected chi connectivity index (χ0v) is 10.7. The Hall–Kier alpha value is 0.160. The van der Waals surface area contributed by atoms with Gasteiger partial charge in [0.05, 0.1) is 10.9 Å². The van der Waals surface area contributed by atoms with Crippen LogP contribution in [0.4, 0.5) is 0 Å². The van der Waals surface area contributed by atoms with E-state index in [1.807, 2.05) is 0 Å². The first-order valence-corrected chi connectivity index (χ1v) is 7.98. The van der Waals surface area contributed by atoms with Crippen molar-refractivity contribution in [2.75, 3.05) is 19.8 Å². The van der Waals surface area contributed by atoms with Crippen LogP contribution in [0.2, 0.25) is 0 Å². The zero-order chi connectivity index (χ0) is 11.6. The lowest BCUT2D eigenvalue weighted by Gasteiger charge is -2.23. The number of hydrogen-bond acceptors (Lipinski definition) is 4. The van der Waals surface area contributed by atoms with Gasteiger partial charge in [-0.25, -0.2) is 8.42 Å². The minimum Gasteiger partial charge on any atom is -0.381 e. The Morgan fingerprint density at radius 1 is 1.31 bits per heavy atom. The third kappa shape index (κ3) is 2.88. The second-order valence-electron chi connectivity index (χ2n) is 4.55. The Morgan fingerprint density at radius 3 is 2.44 bits per heavy atom. The second kappa shape index (κ2) is 4.80. The fourth-order valence-electron chi connectivity index (χ4n) is 2.01. The Morgan fingerprint density at radius 2 is 1.94 bits per heavy atom. The third-order valence-corrected chi connectivity index (χ3v) is 6.03. The monoisotopic (exact) mass is 268 g/mol. The average Bonchev–Trinajstić information content (AvgIpc) is 3.00. The molecular formula is C10H17ClO4S. The summed E-state index contributed by atoms with van der Waals surface area (Å²) < 4.78 is 32.8. The summed E-state index contributed by atoms with van der Waals surface area (Å²) in [6, 6.07) is 0. The Labute approximate surface area is 101 Å². The van der Waals surface area contributed by atoms with Gasteiger partial charge in [0.1, 0.15) is 0 Å². The first kappa shape index (κ1) is 12.6. The largest absolute Gasteiger partial charge is 0.381 e. The average molecular weight is 269 g/mol. The first-order valence-electron chi connectivity index (χ1n) is 5.67. The molecule has 2 fully saturated rings. The molecule has 1 saturated heterocycles. The lowest BCUT2D eigenvalue weighted by Crippen LogP contribution is -2.26. The standard InChI is InChI=1S/C10H17ClO4S/c11-16(12,13)10(3-4-10)5-8-15-9-1-6-14-7-2-9/h9H,1-8H2. The van der Waals surface area contributed by atoms with E-state index in [1.54, 1.807) is 0 Å². The SMILES string of the molecule is O=S(=O)(Cl)C1(CCOC2CCOCC2)CC1. The molecule has 4 nitrogen and oxygen atoms in total. The summed E-state index contributed by atoms with van der Waals surface area (Å²) in [5.74, 6) is 0. The molecule has 0 aromatic heterocycles. The van der Waals surface area contributed by atoms with E-state index < -0.39 is 13.8 Å². The highest BCUT2D eigenvalue weighted by Crippen LogP contribution is 2.48. The van der Waals surface area contributed by atoms with Gasteiger partial charge < -0.3 is 9.47 Å². The second-order valence-corrected chi connectivity index (χ2v) is 7.51. The number of ether oxygens (including phenoxy) is 2. The molecule has 0 aromatic carbocycles. The van der Waals surface area contributed by atoms with E-state index in [0.717, 1.165) is 26.1 Å². The van der Waals surface area contributed by atoms with Gasteiger partial charge in [-0.05, 0) is 32.1 Å². The Kier molecular flexibility index (Phi) is 3.79. The van der Waals surface area contributed by atoms with Gasteiger partial charge in [0.2, 0.25) is 9.05 Å². The lowest BCUT2D eigenvalue weighted by atomic mass is 10.1. The summed E-state index contributed by atoms with van der Waals surface area (Å²) in [6.07, 6.45) is 3.91. The number of rotatable bonds is 5. The molecule has 1 saturated carbocycles. The summed E-state index contributed by atoms with van der Waals surface area (Å²) in [4.78, 5) is 0. The highest BCUT2D eigenvalue weighted by atomic mass is 35.7. The predicted molar refractivity (Wildman–Crippen MR) is 61.1 cm³/mol. The fourth-order valence-corrected chi connectivity index (χ4v) is 3.62. The topological polar surface area (TPSA) is 52.6 Å². The maximum atomic E-state index is 11.3. The molecule has 0 atom stereocenters. The fraction of sp³-hybridized carbons (Fsp3) is 1.00. The molecule has 94 valence electrons. The zero-order valence-electron chi connectivity index (χ0n) is 9.15. The van der Waals surface area contributed by atoms with Gasteiger partial charge in [0, 0.05) is 30.5 Å². The summed E-state index contributed by atoms with van der Waals surface area (Å²) in [5, 5.41) is 0. The van der Waals surface area contributed by atoms with Crippen molar-refractivity contribution in [3.8, 4) is 0 Å². The summed E-state index contributed by atoms with van der Waals surface area (Å²) in [5.41, 5.74) is 0. The van der Waals surface area contributed by atoms with Crippen molar-refractivity contribution in [3.63, 3.8) is 0 Å². The van der Waals surface area contributed by atoms with Crippen LogP contribution in [0.15, 0.2) is 0 Å². The van der Waals surface area contributed by atoms with Crippen LogP contribution >= 0.6 is 10.7 Å². The minimum absolute atomic E-state index is 0.225. The summed E-state index contributed by atoms with van der Waals surface area (Å²) in [7, 11) is 1.98. The highest BCUT2D eigenvalue weighted by Gasteiger charge is 2.53. The molecular weight excluding hydrogens is 252 g/mol. The van der Waals surface area contributed by atoms with Gasteiger partial charge in [0.15, 0.2) is 0 Å². The van der Waals surface area contributed by atoms with Gasteiger partial charge >= 0.3 is 0 Å². The maximum Gasteiger partial charge on any atom is 0.238 e. The Balaban J connectivity index is 1.72. The highest BCUT2D eigenvalue weighted by molar-refractivity contribution is 8.15. The van der Waals surface area contributed by atoms with Crippen molar-refractivity contribution in [2.45, 2.75) is 43.0 Å².